The molecule has 0 aromatic heterocycles. The SMILES string of the molecule is COc1ccc(OCC(=O)Nc2ccc(C(=O)CN3CCN(C)CC3)cc2)cc1. The predicted molar refractivity (Wildman–Crippen MR) is 112 cm³/mol. The number of nitrogens with zero attached hydrogens (tertiary/aromatic N) is 2. The van der Waals surface area contributed by atoms with Crippen molar-refractivity contribution in [2.45, 2.75) is 0 Å². The van der Waals surface area contributed by atoms with Gasteiger partial charge in [-0.3, -0.25) is 14.5 Å². The summed E-state index contributed by atoms with van der Waals surface area (Å²) in [7, 11) is 3.68. The number of ketones is 1. The highest BCUT2D eigenvalue weighted by molar-refractivity contribution is 5.98. The maximum atomic E-state index is 12.5. The van der Waals surface area contributed by atoms with E-state index in [-0.39, 0.29) is 18.3 Å². The molecule has 0 bridgehead atoms. The van der Waals surface area contributed by atoms with E-state index in [4.69, 9.17) is 9.47 Å². The molecule has 7 nitrogen and oxygen atoms in total. The lowest BCUT2D eigenvalue weighted by atomic mass is 10.1. The van der Waals surface area contributed by atoms with E-state index in [1.165, 1.54) is 0 Å². The summed E-state index contributed by atoms with van der Waals surface area (Å²) in [5.74, 6) is 1.14. The molecule has 1 aliphatic heterocycles. The molecule has 2 aromatic carbocycles. The van der Waals surface area contributed by atoms with Gasteiger partial charge in [0, 0.05) is 37.4 Å². The van der Waals surface area contributed by atoms with Gasteiger partial charge in [-0.1, -0.05) is 0 Å². The Bertz CT molecular complexity index is 813. The van der Waals surface area contributed by atoms with Crippen LogP contribution in [0.3, 0.4) is 0 Å². The van der Waals surface area contributed by atoms with Crippen molar-refractivity contribution in [3.05, 3.63) is 54.1 Å². The van der Waals surface area contributed by atoms with E-state index in [1.807, 2.05) is 0 Å². The molecule has 29 heavy (non-hydrogen) atoms. The number of ether oxygens (including phenoxy) is 2. The van der Waals surface area contributed by atoms with Crippen LogP contribution in [0.2, 0.25) is 0 Å². The maximum absolute atomic E-state index is 12.5. The molecule has 0 aliphatic carbocycles. The van der Waals surface area contributed by atoms with E-state index in [0.717, 1.165) is 31.9 Å². The van der Waals surface area contributed by atoms with E-state index in [0.29, 0.717) is 23.5 Å². The first kappa shape index (κ1) is 20.8. The van der Waals surface area contributed by atoms with Crippen LogP contribution < -0.4 is 14.8 Å². The summed E-state index contributed by atoms with van der Waals surface area (Å²) in [6.07, 6.45) is 0. The highest BCUT2D eigenvalue weighted by Crippen LogP contribution is 2.17. The Morgan fingerprint density at radius 2 is 1.55 bits per heavy atom. The molecule has 1 fully saturated rings. The van der Waals surface area contributed by atoms with Crippen molar-refractivity contribution in [1.29, 1.82) is 0 Å². The van der Waals surface area contributed by atoms with Crippen LogP contribution in [0.25, 0.3) is 0 Å². The summed E-state index contributed by atoms with van der Waals surface area (Å²) < 4.78 is 10.5. The Kier molecular flexibility index (Phi) is 7.21. The predicted octanol–water partition coefficient (Wildman–Crippen LogP) is 2.14. The van der Waals surface area contributed by atoms with Crippen LogP contribution in [0.15, 0.2) is 48.5 Å². The van der Waals surface area contributed by atoms with Crippen LogP contribution in [0.4, 0.5) is 5.69 Å². The number of methoxy groups -OCH3 is 1. The molecule has 7 heteroatoms. The number of carbonyl (C=O) groups is 2. The van der Waals surface area contributed by atoms with Crippen molar-refractivity contribution in [2.24, 2.45) is 0 Å². The lowest BCUT2D eigenvalue weighted by molar-refractivity contribution is -0.118. The molecular weight excluding hydrogens is 370 g/mol. The minimum atomic E-state index is -0.266. The molecule has 1 aliphatic rings. The van der Waals surface area contributed by atoms with E-state index in [9.17, 15) is 9.59 Å². The average Bonchev–Trinajstić information content (AvgIpc) is 2.75. The number of rotatable bonds is 8. The molecule has 1 heterocycles. The van der Waals surface area contributed by atoms with Crippen molar-refractivity contribution in [3.63, 3.8) is 0 Å². The van der Waals surface area contributed by atoms with E-state index in [2.05, 4.69) is 22.2 Å². The molecule has 0 saturated carbocycles. The third kappa shape index (κ3) is 6.30. The summed E-state index contributed by atoms with van der Waals surface area (Å²) in [6.45, 7) is 4.11. The number of likely N-dealkylation sites (N-methyl/N-ethyl adjacent to an activating group) is 1. The van der Waals surface area contributed by atoms with Crippen molar-refractivity contribution in [2.75, 3.05) is 58.8 Å². The molecule has 3 rings (SSSR count). The van der Waals surface area contributed by atoms with Crippen molar-refractivity contribution >= 4 is 17.4 Å². The van der Waals surface area contributed by atoms with Crippen LogP contribution in [-0.2, 0) is 4.79 Å². The minimum Gasteiger partial charge on any atom is -0.497 e. The smallest absolute Gasteiger partial charge is 0.262 e. The van der Waals surface area contributed by atoms with E-state index >= 15 is 0 Å². The van der Waals surface area contributed by atoms with Gasteiger partial charge in [0.05, 0.1) is 13.7 Å². The maximum Gasteiger partial charge on any atom is 0.262 e. The number of carbonyl (C=O) groups excluding carboxylic acids is 2. The number of hydrogen-bond donors (Lipinski definition) is 1. The fourth-order valence-electron chi connectivity index (χ4n) is 3.06. The molecule has 154 valence electrons. The Hall–Kier alpha value is -2.90. The van der Waals surface area contributed by atoms with Gasteiger partial charge in [0.2, 0.25) is 0 Å². The summed E-state index contributed by atoms with van der Waals surface area (Å²) in [5.41, 5.74) is 1.28. The number of piperazine rings is 1. The highest BCUT2D eigenvalue weighted by Gasteiger charge is 2.17. The molecule has 0 radical (unpaired) electrons. The van der Waals surface area contributed by atoms with Crippen LogP contribution in [0.1, 0.15) is 10.4 Å². The third-order valence-electron chi connectivity index (χ3n) is 4.88. The lowest BCUT2D eigenvalue weighted by Gasteiger charge is -2.31. The first-order valence-corrected chi connectivity index (χ1v) is 9.64. The molecule has 0 spiro atoms. The number of hydrogen-bond acceptors (Lipinski definition) is 6. The molecule has 1 N–H and O–H groups in total. The first-order chi connectivity index (χ1) is 14.0. The normalized spacial score (nSPS) is 15.0. The second-order valence-electron chi connectivity index (χ2n) is 7.09. The molecule has 0 unspecified atom stereocenters. The number of amides is 1. The summed E-state index contributed by atoms with van der Waals surface area (Å²) >= 11 is 0. The monoisotopic (exact) mass is 397 g/mol. The second kappa shape index (κ2) is 10.0. The van der Waals surface area contributed by atoms with Crippen LogP contribution in [0.5, 0.6) is 11.5 Å². The number of Topliss-reactive ketones (excluding diaryl/α,β-unsaturated/α-hetero) is 1. The molecule has 0 atom stereocenters. The van der Waals surface area contributed by atoms with Gasteiger partial charge in [-0.05, 0) is 55.6 Å². The Morgan fingerprint density at radius 1 is 0.931 bits per heavy atom. The van der Waals surface area contributed by atoms with Gasteiger partial charge < -0.3 is 19.7 Å². The van der Waals surface area contributed by atoms with Crippen molar-refractivity contribution in [3.8, 4) is 11.5 Å². The van der Waals surface area contributed by atoms with Crippen molar-refractivity contribution in [1.82, 2.24) is 9.80 Å². The summed E-state index contributed by atoms with van der Waals surface area (Å²) in [5, 5.41) is 2.77. The van der Waals surface area contributed by atoms with Crippen LogP contribution >= 0.6 is 0 Å². The molecule has 1 amide bonds. The van der Waals surface area contributed by atoms with Gasteiger partial charge in [-0.15, -0.1) is 0 Å². The average molecular weight is 397 g/mol. The standard InChI is InChI=1S/C22H27N3O4/c1-24-11-13-25(14-12-24)15-21(26)17-3-5-18(6-4-17)23-22(27)16-29-20-9-7-19(28-2)8-10-20/h3-10H,11-16H2,1-2H3,(H,23,27). The highest BCUT2D eigenvalue weighted by atomic mass is 16.5. The fourth-order valence-corrected chi connectivity index (χ4v) is 3.06. The Balaban J connectivity index is 1.45. The van der Waals surface area contributed by atoms with Gasteiger partial charge in [0.25, 0.3) is 5.91 Å². The van der Waals surface area contributed by atoms with Gasteiger partial charge >= 0.3 is 0 Å². The molecule has 2 aromatic rings. The number of benzene rings is 2. The quantitative estimate of drug-likeness (QED) is 0.689. The molecule has 1 saturated heterocycles. The third-order valence-corrected chi connectivity index (χ3v) is 4.88. The number of nitrogens with one attached hydrogen (secondary N) is 1. The fraction of sp³-hybridized carbons (Fsp3) is 0.364. The zero-order valence-electron chi connectivity index (χ0n) is 16.9. The largest absolute Gasteiger partial charge is 0.497 e. The summed E-state index contributed by atoms with van der Waals surface area (Å²) in [6, 6.07) is 14.0. The van der Waals surface area contributed by atoms with Gasteiger partial charge in [0.15, 0.2) is 12.4 Å². The van der Waals surface area contributed by atoms with E-state index in [1.54, 1.807) is 55.6 Å². The Labute approximate surface area is 171 Å². The second-order valence-corrected chi connectivity index (χ2v) is 7.09. The number of anilines is 1. The minimum absolute atomic E-state index is 0.0928. The van der Waals surface area contributed by atoms with Gasteiger partial charge in [-0.25, -0.2) is 0 Å². The topological polar surface area (TPSA) is 71.1 Å². The van der Waals surface area contributed by atoms with Crippen molar-refractivity contribution < 1.29 is 19.1 Å². The molecular formula is C22H27N3O4. The van der Waals surface area contributed by atoms with E-state index < -0.39 is 0 Å². The lowest BCUT2D eigenvalue weighted by Crippen LogP contribution is -2.46. The van der Waals surface area contributed by atoms with Gasteiger partial charge in [-0.2, -0.15) is 0 Å². The van der Waals surface area contributed by atoms with Crippen LogP contribution in [0, 0.1) is 0 Å². The summed E-state index contributed by atoms with van der Waals surface area (Å²) in [4.78, 5) is 29.0. The van der Waals surface area contributed by atoms with Gasteiger partial charge in [0.1, 0.15) is 11.5 Å². The zero-order chi connectivity index (χ0) is 20.6. The van der Waals surface area contributed by atoms with Crippen LogP contribution in [-0.4, -0.2) is 75.0 Å². The first-order valence-electron chi connectivity index (χ1n) is 9.64. The zero-order valence-corrected chi connectivity index (χ0v) is 16.9. The Morgan fingerprint density at radius 3 is 2.17 bits per heavy atom.